The van der Waals surface area contributed by atoms with Gasteiger partial charge in [-0.25, -0.2) is 19.1 Å². The Morgan fingerprint density at radius 3 is 2.85 bits per heavy atom. The third-order valence-corrected chi connectivity index (χ3v) is 3.99. The van der Waals surface area contributed by atoms with E-state index in [1.54, 1.807) is 0 Å². The van der Waals surface area contributed by atoms with Crippen LogP contribution >= 0.6 is 0 Å². The Hall–Kier alpha value is -2.92. The lowest BCUT2D eigenvalue weighted by Crippen LogP contribution is -2.39. The Balaban J connectivity index is 1.61. The number of halogens is 3. The number of nitrogens with one attached hydrogen (secondary N) is 1. The van der Waals surface area contributed by atoms with E-state index in [4.69, 9.17) is 0 Å². The first-order valence-corrected chi connectivity index (χ1v) is 7.67. The zero-order chi connectivity index (χ0) is 18.9. The highest BCUT2D eigenvalue weighted by atomic mass is 19.4. The Kier molecular flexibility index (Phi) is 4.66. The minimum absolute atomic E-state index is 0.0403. The maximum atomic E-state index is 12.7. The van der Waals surface area contributed by atoms with Crippen molar-refractivity contribution in [3.8, 4) is 0 Å². The summed E-state index contributed by atoms with van der Waals surface area (Å²) < 4.78 is 43.8. The van der Waals surface area contributed by atoms with Crippen molar-refractivity contribution >= 4 is 17.8 Å². The van der Waals surface area contributed by atoms with Gasteiger partial charge in [-0.1, -0.05) is 0 Å². The Labute approximate surface area is 145 Å². The van der Waals surface area contributed by atoms with E-state index in [-0.39, 0.29) is 43.2 Å². The monoisotopic (exact) mass is 372 g/mol. The van der Waals surface area contributed by atoms with Gasteiger partial charge in [-0.15, -0.1) is 5.10 Å². The minimum atomic E-state index is -4.30. The molecule has 1 aliphatic rings. The van der Waals surface area contributed by atoms with Crippen molar-refractivity contribution in [1.29, 1.82) is 0 Å². The van der Waals surface area contributed by atoms with Crippen molar-refractivity contribution in [2.24, 2.45) is 5.92 Å². The van der Waals surface area contributed by atoms with Crippen LogP contribution < -0.4 is 5.32 Å². The average Bonchev–Trinajstić information content (AvgIpc) is 3.24. The zero-order valence-electron chi connectivity index (χ0n) is 13.7. The number of alkyl halides is 3. The van der Waals surface area contributed by atoms with E-state index < -0.39 is 24.1 Å². The first kappa shape index (κ1) is 17.9. The number of carbonyl (C=O) groups excluding carboxylic acids is 2. The van der Waals surface area contributed by atoms with Crippen LogP contribution in [0.1, 0.15) is 22.6 Å². The van der Waals surface area contributed by atoms with Crippen LogP contribution in [0, 0.1) is 5.92 Å². The number of aromatic nitrogens is 4. The number of amides is 2. The maximum absolute atomic E-state index is 12.7. The molecule has 1 atom stereocenters. The number of nitrogens with zero attached hydrogens (tertiary/aromatic N) is 5. The number of urea groups is 1. The third kappa shape index (κ3) is 3.68. The van der Waals surface area contributed by atoms with Gasteiger partial charge in [0.05, 0.1) is 25.1 Å². The summed E-state index contributed by atoms with van der Waals surface area (Å²) in [7, 11) is 1.23. The molecule has 3 heterocycles. The van der Waals surface area contributed by atoms with E-state index in [1.807, 2.05) is 0 Å². The second-order valence-electron chi connectivity index (χ2n) is 5.74. The quantitative estimate of drug-likeness (QED) is 0.807. The summed E-state index contributed by atoms with van der Waals surface area (Å²) in [5, 5.41) is 6.55. The number of carbonyl (C=O) groups is 2. The van der Waals surface area contributed by atoms with E-state index in [0.717, 1.165) is 4.90 Å². The van der Waals surface area contributed by atoms with Crippen LogP contribution in [0.3, 0.4) is 0 Å². The fraction of sp³-hybridized carbons (Fsp3) is 0.500. The molecule has 2 aromatic heterocycles. The van der Waals surface area contributed by atoms with Gasteiger partial charge < -0.3 is 15.0 Å². The van der Waals surface area contributed by atoms with Crippen LogP contribution in [-0.4, -0.2) is 62.9 Å². The number of rotatable bonds is 3. The van der Waals surface area contributed by atoms with E-state index in [2.05, 4.69) is 25.1 Å². The summed E-state index contributed by atoms with van der Waals surface area (Å²) in [4.78, 5) is 32.6. The SMILES string of the molecule is COC(=O)c1cnc2nc(CNC(=O)N3CCC(C(F)(F)F)C3)nn2c1. The fourth-order valence-electron chi connectivity index (χ4n) is 2.60. The molecule has 140 valence electrons. The smallest absolute Gasteiger partial charge is 0.393 e. The zero-order valence-corrected chi connectivity index (χ0v) is 13.7. The summed E-state index contributed by atoms with van der Waals surface area (Å²) in [6, 6.07) is -0.612. The fourth-order valence-corrected chi connectivity index (χ4v) is 2.60. The van der Waals surface area contributed by atoms with Crippen molar-refractivity contribution in [2.45, 2.75) is 19.1 Å². The third-order valence-electron chi connectivity index (χ3n) is 3.99. The summed E-state index contributed by atoms with van der Waals surface area (Å²) in [5.74, 6) is -1.67. The molecule has 3 rings (SSSR count). The number of ether oxygens (including phenoxy) is 1. The molecule has 26 heavy (non-hydrogen) atoms. The maximum Gasteiger partial charge on any atom is 0.393 e. The van der Waals surface area contributed by atoms with Crippen molar-refractivity contribution in [1.82, 2.24) is 29.8 Å². The molecular weight excluding hydrogens is 357 g/mol. The minimum Gasteiger partial charge on any atom is -0.465 e. The molecule has 0 saturated carbocycles. The molecule has 0 aromatic carbocycles. The van der Waals surface area contributed by atoms with Crippen LogP contribution in [0.25, 0.3) is 5.78 Å². The van der Waals surface area contributed by atoms with Crippen LogP contribution in [-0.2, 0) is 11.3 Å². The van der Waals surface area contributed by atoms with E-state index in [9.17, 15) is 22.8 Å². The number of likely N-dealkylation sites (tertiary alicyclic amines) is 1. The van der Waals surface area contributed by atoms with E-state index in [0.29, 0.717) is 0 Å². The van der Waals surface area contributed by atoms with Gasteiger partial charge in [-0.3, -0.25) is 0 Å². The van der Waals surface area contributed by atoms with Crippen molar-refractivity contribution < 1.29 is 27.5 Å². The van der Waals surface area contributed by atoms with Crippen molar-refractivity contribution in [2.75, 3.05) is 20.2 Å². The van der Waals surface area contributed by atoms with Gasteiger partial charge in [0, 0.05) is 25.5 Å². The molecule has 9 nitrogen and oxygen atoms in total. The molecule has 1 N–H and O–H groups in total. The van der Waals surface area contributed by atoms with Crippen LogP contribution in [0.4, 0.5) is 18.0 Å². The highest BCUT2D eigenvalue weighted by Gasteiger charge is 2.44. The van der Waals surface area contributed by atoms with E-state index >= 15 is 0 Å². The standard InChI is InChI=1S/C14H15F3N6O3/c1-26-11(24)8-4-18-12-20-10(21-23(12)6-8)5-19-13(25)22-3-2-9(7-22)14(15,16)17/h4,6,9H,2-3,5,7H2,1H3,(H,19,25). The normalized spacial score (nSPS) is 17.5. The molecule has 0 spiro atoms. The lowest BCUT2D eigenvalue weighted by atomic mass is 10.1. The molecule has 0 aliphatic carbocycles. The van der Waals surface area contributed by atoms with Crippen LogP contribution in [0.15, 0.2) is 12.4 Å². The van der Waals surface area contributed by atoms with Gasteiger partial charge in [0.15, 0.2) is 5.82 Å². The average molecular weight is 372 g/mol. The van der Waals surface area contributed by atoms with Crippen molar-refractivity contribution in [3.05, 3.63) is 23.8 Å². The Bertz CT molecular complexity index is 837. The lowest BCUT2D eigenvalue weighted by molar-refractivity contribution is -0.169. The number of fused-ring (bicyclic) bond motifs is 1. The first-order chi connectivity index (χ1) is 12.3. The van der Waals surface area contributed by atoms with Gasteiger partial charge in [0.2, 0.25) is 0 Å². The molecule has 1 saturated heterocycles. The number of esters is 1. The second kappa shape index (κ2) is 6.77. The molecular formula is C14H15F3N6O3. The highest BCUT2D eigenvalue weighted by Crippen LogP contribution is 2.33. The molecule has 2 amide bonds. The molecule has 2 aromatic rings. The molecule has 1 fully saturated rings. The molecule has 0 bridgehead atoms. The van der Waals surface area contributed by atoms with Crippen LogP contribution in [0.5, 0.6) is 0 Å². The summed E-state index contributed by atoms with van der Waals surface area (Å²) in [5.41, 5.74) is 0.177. The second-order valence-corrected chi connectivity index (χ2v) is 5.74. The summed E-state index contributed by atoms with van der Waals surface area (Å²) in [6.07, 6.45) is -1.76. The molecule has 1 aliphatic heterocycles. The van der Waals surface area contributed by atoms with Gasteiger partial charge in [0.1, 0.15) is 0 Å². The largest absolute Gasteiger partial charge is 0.465 e. The number of hydrogen-bond acceptors (Lipinski definition) is 6. The molecule has 12 heteroatoms. The van der Waals surface area contributed by atoms with Crippen molar-refractivity contribution in [3.63, 3.8) is 0 Å². The van der Waals surface area contributed by atoms with Gasteiger partial charge in [0.25, 0.3) is 5.78 Å². The number of methoxy groups -OCH3 is 1. The van der Waals surface area contributed by atoms with Gasteiger partial charge in [-0.05, 0) is 6.42 Å². The predicted molar refractivity (Wildman–Crippen MR) is 80.1 cm³/mol. The molecule has 1 unspecified atom stereocenters. The highest BCUT2D eigenvalue weighted by molar-refractivity contribution is 5.88. The summed E-state index contributed by atoms with van der Waals surface area (Å²) in [6.45, 7) is -0.403. The lowest BCUT2D eigenvalue weighted by Gasteiger charge is -2.18. The Morgan fingerprint density at radius 2 is 2.19 bits per heavy atom. The van der Waals surface area contributed by atoms with Crippen LogP contribution in [0.2, 0.25) is 0 Å². The van der Waals surface area contributed by atoms with Gasteiger partial charge in [-0.2, -0.15) is 18.2 Å². The van der Waals surface area contributed by atoms with Gasteiger partial charge >= 0.3 is 18.2 Å². The first-order valence-electron chi connectivity index (χ1n) is 7.67. The predicted octanol–water partition coefficient (Wildman–Crippen LogP) is 1.00. The number of hydrogen-bond donors (Lipinski definition) is 1. The van der Waals surface area contributed by atoms with E-state index in [1.165, 1.54) is 24.0 Å². The molecule has 0 radical (unpaired) electrons. The summed E-state index contributed by atoms with van der Waals surface area (Å²) >= 11 is 0. The Morgan fingerprint density at radius 1 is 1.42 bits per heavy atom. The topological polar surface area (TPSA) is 102 Å².